The lowest BCUT2D eigenvalue weighted by Crippen LogP contribution is -2.56. The van der Waals surface area contributed by atoms with Crippen molar-refractivity contribution in [1.29, 1.82) is 0 Å². The number of hydrogen-bond donors (Lipinski definition) is 0. The summed E-state index contributed by atoms with van der Waals surface area (Å²) in [6.45, 7) is 24.1. The molecular weight excluding hydrogens is 638 g/mol. The van der Waals surface area contributed by atoms with Crippen LogP contribution in [0.5, 0.6) is 0 Å². The highest BCUT2D eigenvalue weighted by molar-refractivity contribution is 6.18. The monoisotopic (exact) mass is 697 g/mol. The number of rotatable bonds is 9. The Hall–Kier alpha value is -3.84. The molecule has 49 heavy (non-hydrogen) atoms. The van der Waals surface area contributed by atoms with Gasteiger partial charge in [-0.2, -0.15) is 0 Å². The number of carbonyl (C=O) groups is 8. The van der Waals surface area contributed by atoms with E-state index in [1.807, 2.05) is 62.3 Å². The van der Waals surface area contributed by atoms with Crippen molar-refractivity contribution in [2.24, 2.45) is 5.92 Å². The van der Waals surface area contributed by atoms with Crippen LogP contribution in [0, 0.1) is 5.92 Å². The number of esters is 3. The Labute approximate surface area is 291 Å². The zero-order valence-electron chi connectivity index (χ0n) is 31.7. The number of piperidine rings is 2. The highest BCUT2D eigenvalue weighted by Crippen LogP contribution is 2.24. The lowest BCUT2D eigenvalue weighted by Gasteiger charge is -2.40. The summed E-state index contributed by atoms with van der Waals surface area (Å²) in [6, 6.07) is 0. The second kappa shape index (κ2) is 20.0. The van der Waals surface area contributed by atoms with Crippen LogP contribution in [-0.2, 0) is 52.6 Å². The van der Waals surface area contributed by atoms with Gasteiger partial charge in [0.05, 0.1) is 32.7 Å². The van der Waals surface area contributed by atoms with Crippen LogP contribution >= 0.6 is 0 Å². The Kier molecular flexibility index (Phi) is 18.4. The first-order valence-corrected chi connectivity index (χ1v) is 16.9. The van der Waals surface area contributed by atoms with Gasteiger partial charge in [-0.25, -0.2) is 0 Å². The zero-order valence-corrected chi connectivity index (χ0v) is 31.7. The second-order valence-corrected chi connectivity index (χ2v) is 14.5. The number of ether oxygens (including phenoxy) is 3. The molecule has 2 aliphatic heterocycles. The first-order valence-electron chi connectivity index (χ1n) is 16.9. The third kappa shape index (κ3) is 15.9. The van der Waals surface area contributed by atoms with Crippen molar-refractivity contribution < 1.29 is 52.6 Å². The van der Waals surface area contributed by atoms with E-state index in [-0.39, 0.29) is 85.9 Å². The van der Waals surface area contributed by atoms with Gasteiger partial charge in [0, 0.05) is 49.1 Å². The van der Waals surface area contributed by atoms with Crippen LogP contribution in [-0.4, -0.2) is 118 Å². The van der Waals surface area contributed by atoms with E-state index in [9.17, 15) is 38.4 Å². The summed E-state index contributed by atoms with van der Waals surface area (Å²) in [6.07, 6.45) is 0.625. The minimum absolute atomic E-state index is 0.0289. The van der Waals surface area contributed by atoms with Gasteiger partial charge in [0.1, 0.15) is 12.2 Å². The average molecular weight is 698 g/mol. The largest absolute Gasteiger partial charge is 0.466 e. The van der Waals surface area contributed by atoms with Gasteiger partial charge in [0.15, 0.2) is 11.7 Å². The number of nitrogens with zero attached hydrogens (tertiary/aromatic N) is 3. The maximum absolute atomic E-state index is 12.1. The van der Waals surface area contributed by atoms with Gasteiger partial charge < -0.3 is 28.9 Å². The summed E-state index contributed by atoms with van der Waals surface area (Å²) < 4.78 is 14.4. The maximum atomic E-state index is 12.1. The zero-order chi connectivity index (χ0) is 38.3. The molecule has 0 radical (unpaired) electrons. The Morgan fingerprint density at radius 1 is 0.714 bits per heavy atom. The predicted molar refractivity (Wildman–Crippen MR) is 181 cm³/mol. The number of likely N-dealkylation sites (tertiary alicyclic amines) is 2. The first kappa shape index (κ1) is 45.2. The molecule has 0 N–H and O–H groups in total. The van der Waals surface area contributed by atoms with Crippen molar-refractivity contribution in [2.45, 2.75) is 132 Å². The number of Topliss-reactive ketones (excluding diaryl/α,β-unsaturated/α-hetero) is 2. The summed E-state index contributed by atoms with van der Waals surface area (Å²) in [4.78, 5) is 97.3. The molecule has 2 aliphatic rings. The molecule has 2 saturated heterocycles. The molecule has 0 aliphatic carbocycles. The van der Waals surface area contributed by atoms with E-state index < -0.39 is 29.3 Å². The molecule has 14 nitrogen and oxygen atoms in total. The topological polar surface area (TPSA) is 174 Å². The molecule has 0 aromatic carbocycles. The molecule has 0 bridgehead atoms. The van der Waals surface area contributed by atoms with E-state index in [1.165, 1.54) is 4.90 Å². The molecule has 14 heteroatoms. The second-order valence-electron chi connectivity index (χ2n) is 14.5. The Morgan fingerprint density at radius 2 is 1.20 bits per heavy atom. The van der Waals surface area contributed by atoms with Gasteiger partial charge in [-0.05, 0) is 83.1 Å². The van der Waals surface area contributed by atoms with Crippen molar-refractivity contribution in [3.8, 4) is 0 Å². The summed E-state index contributed by atoms with van der Waals surface area (Å²) in [5.41, 5.74) is -1.00. The highest BCUT2D eigenvalue weighted by atomic mass is 16.5. The molecule has 0 aromatic heterocycles. The highest BCUT2D eigenvalue weighted by Gasteiger charge is 2.44. The molecule has 280 valence electrons. The molecule has 2 fully saturated rings. The summed E-state index contributed by atoms with van der Waals surface area (Å²) in [5.74, 6) is -3.98. The molecule has 2 rings (SSSR count). The number of amides is 3. The molecule has 2 heterocycles. The van der Waals surface area contributed by atoms with E-state index in [4.69, 9.17) is 14.2 Å². The standard InChI is InChI=1S/C14H25NO5.C12H19NO4.C9H15NO2/c1-6-19-12(17)8-9-15(14(3,4)5)11(16)10-13(18)20-7-2;1-5-17-11(16)9-8(14)6-7-13(10(9)15)12(2,3)4;1-9(2,3)10-5-4-7(11)6-8(10)12/h6-10H2,1-5H3;9H,5-7H2,1-4H3;4-6H2,1-3H3. The van der Waals surface area contributed by atoms with Gasteiger partial charge in [0.2, 0.25) is 17.7 Å². The van der Waals surface area contributed by atoms with Crippen molar-refractivity contribution in [1.82, 2.24) is 14.7 Å². The molecule has 3 amide bonds. The first-order chi connectivity index (χ1) is 22.4. The van der Waals surface area contributed by atoms with Crippen molar-refractivity contribution in [2.75, 3.05) is 39.5 Å². The van der Waals surface area contributed by atoms with Crippen LogP contribution in [0.4, 0.5) is 0 Å². The van der Waals surface area contributed by atoms with E-state index >= 15 is 0 Å². The number of ketones is 2. The third-order valence-electron chi connectivity index (χ3n) is 7.38. The van der Waals surface area contributed by atoms with Crippen molar-refractivity contribution >= 4 is 47.2 Å². The van der Waals surface area contributed by atoms with Crippen LogP contribution in [0.25, 0.3) is 0 Å². The normalized spacial score (nSPS) is 16.9. The Balaban J connectivity index is 0.000000725. The van der Waals surface area contributed by atoms with E-state index in [2.05, 4.69) is 0 Å². The summed E-state index contributed by atoms with van der Waals surface area (Å²) in [5, 5.41) is 0. The minimum Gasteiger partial charge on any atom is -0.466 e. The number of carbonyl (C=O) groups excluding carboxylic acids is 8. The lowest BCUT2D eigenvalue weighted by molar-refractivity contribution is -0.164. The van der Waals surface area contributed by atoms with E-state index in [1.54, 1.807) is 30.6 Å². The Bertz CT molecular complexity index is 1190. The van der Waals surface area contributed by atoms with Crippen LogP contribution in [0.15, 0.2) is 0 Å². The van der Waals surface area contributed by atoms with Gasteiger partial charge in [-0.15, -0.1) is 0 Å². The van der Waals surface area contributed by atoms with Gasteiger partial charge in [-0.1, -0.05) is 0 Å². The third-order valence-corrected chi connectivity index (χ3v) is 7.38. The van der Waals surface area contributed by atoms with E-state index in [0.717, 1.165) is 0 Å². The van der Waals surface area contributed by atoms with Gasteiger partial charge >= 0.3 is 17.9 Å². The fourth-order valence-corrected chi connectivity index (χ4v) is 5.02. The van der Waals surface area contributed by atoms with Crippen LogP contribution in [0.2, 0.25) is 0 Å². The SMILES string of the molecule is CC(C)(C)N1CCC(=O)CC1=O.CCOC(=O)C1C(=O)CCN(C(C)(C)C)C1=O.CCOC(=O)CCN(C(=O)CC(=O)OCC)C(C)(C)C. The molecular formula is C35H59N3O11. The molecule has 1 unspecified atom stereocenters. The minimum atomic E-state index is -1.26. The summed E-state index contributed by atoms with van der Waals surface area (Å²) >= 11 is 0. The maximum Gasteiger partial charge on any atom is 0.326 e. The molecule has 0 saturated carbocycles. The van der Waals surface area contributed by atoms with Crippen molar-refractivity contribution in [3.63, 3.8) is 0 Å². The van der Waals surface area contributed by atoms with Gasteiger partial charge in [0.25, 0.3) is 0 Å². The lowest BCUT2D eigenvalue weighted by atomic mass is 9.91. The Morgan fingerprint density at radius 3 is 1.65 bits per heavy atom. The van der Waals surface area contributed by atoms with Crippen LogP contribution in [0.1, 0.15) is 115 Å². The molecule has 0 spiro atoms. The van der Waals surface area contributed by atoms with Gasteiger partial charge in [-0.3, -0.25) is 38.4 Å². The van der Waals surface area contributed by atoms with Crippen LogP contribution in [0.3, 0.4) is 0 Å². The predicted octanol–water partition coefficient (Wildman–Crippen LogP) is 3.26. The number of hydrogen-bond acceptors (Lipinski definition) is 11. The van der Waals surface area contributed by atoms with Crippen LogP contribution < -0.4 is 0 Å². The molecule has 0 aromatic rings. The molecule has 1 atom stereocenters. The van der Waals surface area contributed by atoms with E-state index in [0.29, 0.717) is 26.1 Å². The quantitative estimate of drug-likeness (QED) is 0.197. The fourth-order valence-electron chi connectivity index (χ4n) is 5.02. The summed E-state index contributed by atoms with van der Waals surface area (Å²) in [7, 11) is 0. The average Bonchev–Trinajstić information content (AvgIpc) is 2.92. The fraction of sp³-hybridized carbons (Fsp3) is 0.771. The smallest absolute Gasteiger partial charge is 0.326 e. The van der Waals surface area contributed by atoms with Crippen molar-refractivity contribution in [3.05, 3.63) is 0 Å².